The highest BCUT2D eigenvalue weighted by atomic mass is 16.7. The maximum Gasteiger partial charge on any atom is 0.317 e. The average molecular weight is 605 g/mol. The van der Waals surface area contributed by atoms with E-state index in [2.05, 4.69) is 54.5 Å². The van der Waals surface area contributed by atoms with Gasteiger partial charge in [0.15, 0.2) is 0 Å². The summed E-state index contributed by atoms with van der Waals surface area (Å²) in [5, 5.41) is 54.0. The first-order chi connectivity index (χ1) is 19.8. The first kappa shape index (κ1) is 31.9. The van der Waals surface area contributed by atoms with E-state index in [9.17, 15) is 30.3 Å². The molecule has 0 spiro atoms. The van der Waals surface area contributed by atoms with Gasteiger partial charge in [-0.05, 0) is 103 Å². The smallest absolute Gasteiger partial charge is 0.317 e. The van der Waals surface area contributed by atoms with E-state index in [1.54, 1.807) is 0 Å². The van der Waals surface area contributed by atoms with E-state index in [4.69, 9.17) is 9.47 Å². The van der Waals surface area contributed by atoms with Gasteiger partial charge in [0.1, 0.15) is 23.7 Å². The van der Waals surface area contributed by atoms with Gasteiger partial charge in [-0.25, -0.2) is 0 Å². The lowest BCUT2D eigenvalue weighted by Crippen LogP contribution is -2.68. The van der Waals surface area contributed by atoms with Crippen molar-refractivity contribution in [2.24, 2.45) is 50.2 Å². The number of ether oxygens (including phenoxy) is 2. The summed E-state index contributed by atoms with van der Waals surface area (Å²) in [4.78, 5) is 14.3. The van der Waals surface area contributed by atoms with Crippen molar-refractivity contribution in [1.29, 1.82) is 0 Å². The Hall–Kier alpha value is -1.03. The van der Waals surface area contributed by atoms with Crippen molar-refractivity contribution in [2.45, 2.75) is 143 Å². The quantitative estimate of drug-likeness (QED) is 0.235. The van der Waals surface area contributed by atoms with E-state index in [-0.39, 0.29) is 45.7 Å². The minimum atomic E-state index is -1.57. The number of carbonyl (C=O) groups excluding carboxylic acids is 1. The zero-order valence-electron chi connectivity index (χ0n) is 27.3. The molecular formula is C35H56O8. The van der Waals surface area contributed by atoms with E-state index >= 15 is 0 Å². The molecule has 0 aromatic heterocycles. The topological polar surface area (TPSA) is 137 Å². The average Bonchev–Trinajstić information content (AvgIpc) is 2.91. The Morgan fingerprint density at radius 3 is 2.23 bits per heavy atom. The minimum Gasteiger partial charge on any atom is -0.432 e. The highest BCUT2D eigenvalue weighted by Crippen LogP contribution is 2.75. The van der Waals surface area contributed by atoms with Crippen LogP contribution in [0.15, 0.2) is 11.6 Å². The molecular weight excluding hydrogens is 548 g/mol. The van der Waals surface area contributed by atoms with Crippen molar-refractivity contribution >= 4 is 5.97 Å². The van der Waals surface area contributed by atoms with E-state index in [1.807, 2.05) is 0 Å². The number of hydrogen-bond donors (Lipinski definition) is 5. The van der Waals surface area contributed by atoms with Gasteiger partial charge in [0, 0.05) is 0 Å². The Kier molecular flexibility index (Phi) is 7.41. The molecule has 5 N–H and O–H groups in total. The predicted molar refractivity (Wildman–Crippen MR) is 160 cm³/mol. The van der Waals surface area contributed by atoms with Crippen LogP contribution in [0.2, 0.25) is 0 Å². The van der Waals surface area contributed by atoms with Gasteiger partial charge in [-0.2, -0.15) is 0 Å². The fourth-order valence-corrected chi connectivity index (χ4v) is 11.8. The van der Waals surface area contributed by atoms with Gasteiger partial charge in [0.25, 0.3) is 0 Å². The lowest BCUT2D eigenvalue weighted by atomic mass is 9.33. The third kappa shape index (κ3) is 4.25. The molecule has 1 heterocycles. The van der Waals surface area contributed by atoms with Gasteiger partial charge in [0.2, 0.25) is 6.29 Å². The molecule has 6 rings (SSSR count). The van der Waals surface area contributed by atoms with Gasteiger partial charge in [-0.3, -0.25) is 4.79 Å². The van der Waals surface area contributed by atoms with Crippen LogP contribution in [0, 0.1) is 50.2 Å². The van der Waals surface area contributed by atoms with Gasteiger partial charge >= 0.3 is 5.97 Å². The number of esters is 1. The fraction of sp³-hybridized carbons (Fsp3) is 0.914. The molecule has 5 aliphatic carbocycles. The Morgan fingerprint density at radius 1 is 0.837 bits per heavy atom. The van der Waals surface area contributed by atoms with Crippen molar-refractivity contribution < 1.29 is 39.8 Å². The zero-order valence-corrected chi connectivity index (χ0v) is 27.3. The summed E-state index contributed by atoms with van der Waals surface area (Å²) in [5.41, 5.74) is -0.392. The molecule has 0 aromatic carbocycles. The highest BCUT2D eigenvalue weighted by molar-refractivity contribution is 5.80. The third-order valence-corrected chi connectivity index (χ3v) is 14.7. The summed E-state index contributed by atoms with van der Waals surface area (Å²) in [7, 11) is 0. The summed E-state index contributed by atoms with van der Waals surface area (Å²) in [6, 6.07) is 0. The number of fused-ring (bicyclic) bond motifs is 7. The monoisotopic (exact) mass is 604 g/mol. The third-order valence-electron chi connectivity index (χ3n) is 14.7. The number of allylic oxidation sites excluding steroid dienone is 2. The molecule has 8 nitrogen and oxygen atoms in total. The lowest BCUT2D eigenvalue weighted by Gasteiger charge is -2.71. The molecule has 1 saturated heterocycles. The molecule has 0 amide bonds. The molecule has 6 aliphatic rings. The number of rotatable bonds is 2. The van der Waals surface area contributed by atoms with Crippen molar-refractivity contribution in [1.82, 2.24) is 0 Å². The number of aliphatic hydroxyl groups is 5. The second-order valence-electron chi connectivity index (χ2n) is 17.5. The molecule has 0 aromatic rings. The highest BCUT2D eigenvalue weighted by Gasteiger charge is 2.71. The maximum absolute atomic E-state index is 14.3. The van der Waals surface area contributed by atoms with Crippen molar-refractivity contribution in [3.05, 3.63) is 11.6 Å². The van der Waals surface area contributed by atoms with Crippen LogP contribution in [0.1, 0.15) is 106 Å². The number of aliphatic hydroxyl groups excluding tert-OH is 5. The summed E-state index contributed by atoms with van der Waals surface area (Å²) in [5.74, 6) is 0.0253. The van der Waals surface area contributed by atoms with Crippen LogP contribution in [-0.4, -0.2) is 74.9 Å². The van der Waals surface area contributed by atoms with Crippen LogP contribution in [-0.2, 0) is 14.3 Å². The molecule has 13 atom stereocenters. The summed E-state index contributed by atoms with van der Waals surface area (Å²) in [6.45, 7) is 16.0. The summed E-state index contributed by atoms with van der Waals surface area (Å²) < 4.78 is 11.3. The van der Waals surface area contributed by atoms with Gasteiger partial charge < -0.3 is 35.0 Å². The largest absolute Gasteiger partial charge is 0.432 e. The van der Waals surface area contributed by atoms with Crippen LogP contribution in [0.25, 0.3) is 0 Å². The molecule has 8 heteroatoms. The normalized spacial score (nSPS) is 53.8. The Balaban J connectivity index is 1.39. The summed E-state index contributed by atoms with van der Waals surface area (Å²) in [6.07, 6.45) is 2.71. The van der Waals surface area contributed by atoms with Crippen molar-refractivity contribution in [3.63, 3.8) is 0 Å². The lowest BCUT2D eigenvalue weighted by molar-refractivity contribution is -0.274. The number of hydrogen-bond acceptors (Lipinski definition) is 8. The van der Waals surface area contributed by atoms with Gasteiger partial charge in [-0.1, -0.05) is 60.1 Å². The molecule has 244 valence electrons. The predicted octanol–water partition coefficient (Wildman–Crippen LogP) is 4.10. The van der Waals surface area contributed by atoms with Crippen LogP contribution < -0.4 is 0 Å². The maximum atomic E-state index is 14.3. The molecule has 4 saturated carbocycles. The van der Waals surface area contributed by atoms with E-state index in [0.717, 1.165) is 44.9 Å². The van der Waals surface area contributed by atoms with Crippen molar-refractivity contribution in [2.75, 3.05) is 6.61 Å². The summed E-state index contributed by atoms with van der Waals surface area (Å²) >= 11 is 0. The molecule has 1 aliphatic heterocycles. The van der Waals surface area contributed by atoms with Crippen LogP contribution in [0.5, 0.6) is 0 Å². The minimum absolute atomic E-state index is 0.0284. The zero-order chi connectivity index (χ0) is 31.5. The van der Waals surface area contributed by atoms with E-state index in [0.29, 0.717) is 24.7 Å². The van der Waals surface area contributed by atoms with Gasteiger partial charge in [-0.15, -0.1) is 0 Å². The van der Waals surface area contributed by atoms with Gasteiger partial charge in [0.05, 0.1) is 18.8 Å². The molecule has 2 unspecified atom stereocenters. The second kappa shape index (κ2) is 9.98. The molecule has 0 radical (unpaired) electrons. The second-order valence-corrected chi connectivity index (χ2v) is 17.5. The Labute approximate surface area is 257 Å². The molecule has 43 heavy (non-hydrogen) atoms. The SMILES string of the molecule is CC1(C)CC[C@]2(C(=O)O[C@H]3OC[C@H](O)C(O)[C@H]3O)C(O)C[C@]3(C)C(=CC[C@@H]4[C@@]5(C)CC[C@H](O)C(C)(C)[C@@H]5CC[C@]43C)[C@@H]2C1. The molecule has 0 bridgehead atoms. The van der Waals surface area contributed by atoms with E-state index < -0.39 is 42.1 Å². The first-order valence-corrected chi connectivity index (χ1v) is 16.8. The van der Waals surface area contributed by atoms with Crippen LogP contribution in [0.3, 0.4) is 0 Å². The standard InChI is InChI=1S/C35H56O8/c1-30(2)14-15-35(29(41)43-28-27(40)26(39)21(36)18-42-28)20(16-30)19-8-9-23-32(5)12-11-24(37)31(3,4)22(32)10-13-33(23,6)34(19,7)17-25(35)38/h8,20-28,36-40H,9-18H2,1-7H3/t20-,21-,22-,23+,24-,25?,26?,27+,28+,32-,33+,34+,35+/m0/s1. The fourth-order valence-electron chi connectivity index (χ4n) is 11.8. The Bertz CT molecular complexity index is 1160. The molecule has 5 fully saturated rings. The number of carbonyl (C=O) groups is 1. The van der Waals surface area contributed by atoms with Crippen LogP contribution in [0.4, 0.5) is 0 Å². The van der Waals surface area contributed by atoms with E-state index in [1.165, 1.54) is 5.57 Å². The Morgan fingerprint density at radius 2 is 1.53 bits per heavy atom. The van der Waals surface area contributed by atoms with Crippen molar-refractivity contribution in [3.8, 4) is 0 Å². The van der Waals surface area contributed by atoms with Crippen LogP contribution >= 0.6 is 0 Å². The first-order valence-electron chi connectivity index (χ1n) is 16.8.